The first-order valence-electron chi connectivity index (χ1n) is 10.7. The standard InChI is InChI=1S/C20H18F2N2O2.C5H10O/c1-11-9-15(13-7-8-17(19(21)22)24-18(13)10-11)12(2)23-16-6-4-3-5-14(16)20(25)26;1-2-4-6-5-3-1/h3-10,12,19,23H,1-2H3,(H,25,26);1-5H2. The molecule has 0 amide bonds. The van der Waals surface area contributed by atoms with Crippen LogP contribution in [0.1, 0.15) is 65.8 Å². The first-order chi connectivity index (χ1) is 15.4. The molecular weight excluding hydrogens is 414 g/mol. The summed E-state index contributed by atoms with van der Waals surface area (Å²) in [6.07, 6.45) is 1.31. The van der Waals surface area contributed by atoms with Crippen molar-refractivity contribution in [2.45, 2.75) is 45.6 Å². The van der Waals surface area contributed by atoms with Gasteiger partial charge in [0.15, 0.2) is 0 Å². The molecule has 170 valence electrons. The van der Waals surface area contributed by atoms with E-state index < -0.39 is 12.4 Å². The molecule has 0 saturated carbocycles. The van der Waals surface area contributed by atoms with Gasteiger partial charge in [0, 0.05) is 30.3 Å². The van der Waals surface area contributed by atoms with E-state index in [1.807, 2.05) is 19.9 Å². The summed E-state index contributed by atoms with van der Waals surface area (Å²) < 4.78 is 30.9. The molecule has 2 aromatic carbocycles. The maximum atomic E-state index is 12.9. The van der Waals surface area contributed by atoms with Gasteiger partial charge in [-0.3, -0.25) is 0 Å². The van der Waals surface area contributed by atoms with Crippen LogP contribution in [0.25, 0.3) is 10.9 Å². The molecule has 2 heterocycles. The highest BCUT2D eigenvalue weighted by molar-refractivity contribution is 5.94. The Morgan fingerprint density at radius 1 is 1.09 bits per heavy atom. The summed E-state index contributed by atoms with van der Waals surface area (Å²) in [5.41, 5.74) is 2.68. The van der Waals surface area contributed by atoms with Crippen LogP contribution in [0.5, 0.6) is 0 Å². The molecule has 1 aliphatic heterocycles. The maximum Gasteiger partial charge on any atom is 0.337 e. The SMILES string of the molecule is C1CCOCC1.Cc1cc(C(C)Nc2ccccc2C(=O)O)c2ccc(C(F)F)nc2c1. The minimum atomic E-state index is -2.62. The molecule has 3 aromatic rings. The van der Waals surface area contributed by atoms with Crippen molar-refractivity contribution >= 4 is 22.6 Å². The van der Waals surface area contributed by atoms with E-state index >= 15 is 0 Å². The number of aryl methyl sites for hydroxylation is 1. The third kappa shape index (κ3) is 6.01. The van der Waals surface area contributed by atoms with E-state index in [2.05, 4.69) is 10.3 Å². The molecule has 7 heteroatoms. The fourth-order valence-corrected chi connectivity index (χ4v) is 3.70. The Morgan fingerprint density at radius 3 is 2.41 bits per heavy atom. The zero-order chi connectivity index (χ0) is 23.1. The molecule has 1 fully saturated rings. The van der Waals surface area contributed by atoms with E-state index in [-0.39, 0.29) is 17.3 Å². The monoisotopic (exact) mass is 442 g/mol. The molecule has 0 bridgehead atoms. The molecule has 0 radical (unpaired) electrons. The molecule has 1 atom stereocenters. The average molecular weight is 443 g/mol. The number of aromatic carboxylic acids is 1. The summed E-state index contributed by atoms with van der Waals surface area (Å²) in [5.74, 6) is -1.02. The number of fused-ring (bicyclic) bond motifs is 1. The molecule has 1 aromatic heterocycles. The van der Waals surface area contributed by atoms with Gasteiger partial charge in [0.25, 0.3) is 6.43 Å². The summed E-state index contributed by atoms with van der Waals surface area (Å²) in [6, 6.07) is 13.1. The summed E-state index contributed by atoms with van der Waals surface area (Å²) in [5, 5.41) is 13.3. The number of para-hydroxylation sites is 1. The lowest BCUT2D eigenvalue weighted by atomic mass is 9.98. The van der Waals surface area contributed by atoms with Crippen molar-refractivity contribution in [2.75, 3.05) is 18.5 Å². The van der Waals surface area contributed by atoms with E-state index in [9.17, 15) is 18.7 Å². The predicted octanol–water partition coefficient (Wildman–Crippen LogP) is 6.54. The number of carbonyl (C=O) groups is 1. The largest absolute Gasteiger partial charge is 0.478 e. The predicted molar refractivity (Wildman–Crippen MR) is 122 cm³/mol. The van der Waals surface area contributed by atoms with Gasteiger partial charge in [-0.05, 0) is 68.5 Å². The van der Waals surface area contributed by atoms with Gasteiger partial charge in [-0.2, -0.15) is 0 Å². The van der Waals surface area contributed by atoms with Crippen LogP contribution in [0.2, 0.25) is 0 Å². The Bertz CT molecular complexity index is 1060. The van der Waals surface area contributed by atoms with Crippen molar-refractivity contribution in [3.8, 4) is 0 Å². The Morgan fingerprint density at radius 2 is 1.81 bits per heavy atom. The molecular formula is C25H28F2N2O3. The van der Waals surface area contributed by atoms with Gasteiger partial charge >= 0.3 is 5.97 Å². The van der Waals surface area contributed by atoms with Crippen molar-refractivity contribution in [2.24, 2.45) is 0 Å². The number of hydrogen-bond donors (Lipinski definition) is 2. The Kier molecular flexibility index (Phi) is 8.11. The molecule has 5 nitrogen and oxygen atoms in total. The zero-order valence-corrected chi connectivity index (χ0v) is 18.3. The number of halogens is 2. The number of ether oxygens (including phenoxy) is 1. The molecule has 1 saturated heterocycles. The number of carboxylic acid groups (broad SMARTS) is 1. The average Bonchev–Trinajstić information content (AvgIpc) is 2.79. The number of hydrogen-bond acceptors (Lipinski definition) is 4. The second kappa shape index (κ2) is 11.0. The maximum absolute atomic E-state index is 12.9. The second-order valence-corrected chi connectivity index (χ2v) is 7.85. The van der Waals surface area contributed by atoms with E-state index in [0.29, 0.717) is 11.2 Å². The molecule has 32 heavy (non-hydrogen) atoms. The summed E-state index contributed by atoms with van der Waals surface area (Å²) in [4.78, 5) is 15.4. The lowest BCUT2D eigenvalue weighted by Crippen LogP contribution is -2.11. The molecule has 2 N–H and O–H groups in total. The van der Waals surface area contributed by atoms with Crippen LogP contribution in [-0.2, 0) is 4.74 Å². The van der Waals surface area contributed by atoms with Crippen molar-refractivity contribution in [1.82, 2.24) is 4.98 Å². The number of carboxylic acids is 1. The summed E-state index contributed by atoms with van der Waals surface area (Å²) in [6.45, 7) is 5.77. The number of alkyl halides is 2. The highest BCUT2D eigenvalue weighted by Gasteiger charge is 2.16. The number of nitrogens with one attached hydrogen (secondary N) is 1. The normalized spacial score (nSPS) is 14.5. The van der Waals surface area contributed by atoms with E-state index in [1.165, 1.54) is 31.4 Å². The Balaban J connectivity index is 0.000000416. The topological polar surface area (TPSA) is 71.5 Å². The van der Waals surface area contributed by atoms with Crippen LogP contribution in [-0.4, -0.2) is 29.3 Å². The number of rotatable bonds is 5. The van der Waals surface area contributed by atoms with Crippen molar-refractivity contribution in [3.05, 3.63) is 70.9 Å². The Labute approximate surface area is 186 Å². The first kappa shape index (κ1) is 23.6. The van der Waals surface area contributed by atoms with Crippen LogP contribution in [0, 0.1) is 6.92 Å². The Hall–Kier alpha value is -3.06. The van der Waals surface area contributed by atoms with Gasteiger partial charge in [0.2, 0.25) is 0 Å². The summed E-state index contributed by atoms with van der Waals surface area (Å²) >= 11 is 0. The van der Waals surface area contributed by atoms with Gasteiger partial charge in [0.1, 0.15) is 5.69 Å². The van der Waals surface area contributed by atoms with Gasteiger partial charge in [-0.1, -0.05) is 24.3 Å². The van der Waals surface area contributed by atoms with E-state index in [4.69, 9.17) is 4.74 Å². The van der Waals surface area contributed by atoms with E-state index in [1.54, 1.807) is 30.3 Å². The van der Waals surface area contributed by atoms with Gasteiger partial charge < -0.3 is 15.2 Å². The molecule has 0 spiro atoms. The van der Waals surface area contributed by atoms with E-state index in [0.717, 1.165) is 29.7 Å². The van der Waals surface area contributed by atoms with Gasteiger partial charge in [-0.15, -0.1) is 0 Å². The number of benzene rings is 2. The van der Waals surface area contributed by atoms with Crippen LogP contribution in [0.3, 0.4) is 0 Å². The first-order valence-corrected chi connectivity index (χ1v) is 10.7. The minimum absolute atomic E-state index is 0.175. The van der Waals surface area contributed by atoms with Crippen LogP contribution in [0.15, 0.2) is 48.5 Å². The van der Waals surface area contributed by atoms with Gasteiger partial charge in [-0.25, -0.2) is 18.6 Å². The van der Waals surface area contributed by atoms with Crippen molar-refractivity contribution in [3.63, 3.8) is 0 Å². The number of pyridine rings is 1. The number of nitrogens with zero attached hydrogens (tertiary/aromatic N) is 1. The zero-order valence-electron chi connectivity index (χ0n) is 18.3. The number of anilines is 1. The van der Waals surface area contributed by atoms with Gasteiger partial charge in [0.05, 0.1) is 11.1 Å². The highest BCUT2D eigenvalue weighted by Crippen LogP contribution is 2.30. The molecule has 1 unspecified atom stereocenters. The van der Waals surface area contributed by atoms with Crippen LogP contribution >= 0.6 is 0 Å². The lowest BCUT2D eigenvalue weighted by molar-refractivity contribution is 0.0698. The summed E-state index contributed by atoms with van der Waals surface area (Å²) in [7, 11) is 0. The molecule has 4 rings (SSSR count). The van der Waals surface area contributed by atoms with Crippen LogP contribution in [0.4, 0.5) is 14.5 Å². The second-order valence-electron chi connectivity index (χ2n) is 7.85. The fourth-order valence-electron chi connectivity index (χ4n) is 3.70. The number of aromatic nitrogens is 1. The quantitative estimate of drug-likeness (QED) is 0.469. The third-order valence-electron chi connectivity index (χ3n) is 5.30. The van der Waals surface area contributed by atoms with Crippen molar-refractivity contribution < 1.29 is 23.4 Å². The third-order valence-corrected chi connectivity index (χ3v) is 5.30. The molecule has 1 aliphatic rings. The fraction of sp³-hybridized carbons (Fsp3) is 0.360. The smallest absolute Gasteiger partial charge is 0.337 e. The molecule has 0 aliphatic carbocycles. The van der Waals surface area contributed by atoms with Crippen LogP contribution < -0.4 is 5.32 Å². The lowest BCUT2D eigenvalue weighted by Gasteiger charge is -2.20. The highest BCUT2D eigenvalue weighted by atomic mass is 19.3. The minimum Gasteiger partial charge on any atom is -0.478 e. The van der Waals surface area contributed by atoms with Crippen molar-refractivity contribution in [1.29, 1.82) is 0 Å².